The molecule has 12 rings (SSSR count). The predicted molar refractivity (Wildman–Crippen MR) is 399 cm³/mol. The fraction of sp³-hybridized carbons (Fsp3) is 0.326. The number of aromatic nitrogens is 1. The number of para-hydroxylation sites is 3. The quantitative estimate of drug-likeness (QED) is 0.0401. The average molecular weight is 1210 g/mol. The van der Waals surface area contributed by atoms with Crippen molar-refractivity contribution >= 4 is 55.9 Å². The summed E-state index contributed by atoms with van der Waals surface area (Å²) < 4.78 is 2.43. The lowest BCUT2D eigenvalue weighted by Crippen LogP contribution is -2.26. The molecule has 0 amide bonds. The van der Waals surface area contributed by atoms with Gasteiger partial charge in [0.1, 0.15) is 0 Å². The molecule has 0 unspecified atom stereocenters. The Morgan fingerprint density at radius 2 is 0.685 bits per heavy atom. The number of fused-ring (bicyclic) bond motifs is 6. The number of hydrogen-bond donors (Lipinski definition) is 0. The summed E-state index contributed by atoms with van der Waals surface area (Å²) in [4.78, 5) is 4.75. The molecule has 10 aromatic carbocycles. The average Bonchev–Trinajstić information content (AvgIpc) is 1.56. The number of anilines is 6. The predicted octanol–water partition coefficient (Wildman–Crippen LogP) is 27.2. The first kappa shape index (κ1) is 63.7. The molecule has 0 aliphatic heterocycles. The molecule has 0 saturated heterocycles. The minimum absolute atomic E-state index is 0.0194. The number of aryl methyl sites for hydroxylation is 4. The maximum atomic E-state index is 2.67. The van der Waals surface area contributed by atoms with Gasteiger partial charge >= 0.3 is 0 Å². The van der Waals surface area contributed by atoms with Crippen molar-refractivity contribution in [2.45, 2.75) is 188 Å². The van der Waals surface area contributed by atoms with Crippen LogP contribution >= 0.6 is 0 Å². The van der Waals surface area contributed by atoms with Crippen LogP contribution in [-0.2, 0) is 5.41 Å². The first-order valence-electron chi connectivity index (χ1n) is 35.6. The fourth-order valence-electron chi connectivity index (χ4n) is 15.2. The molecule has 0 saturated carbocycles. The van der Waals surface area contributed by atoms with Gasteiger partial charge in [-0.05, 0) is 205 Å². The van der Waals surface area contributed by atoms with Crippen molar-refractivity contribution in [3.8, 4) is 39.1 Å². The van der Waals surface area contributed by atoms with Crippen LogP contribution in [-0.4, -0.2) is 4.57 Å². The Hall–Kier alpha value is -8.40. The molecule has 1 aliphatic rings. The molecule has 1 aliphatic carbocycles. The van der Waals surface area contributed by atoms with Gasteiger partial charge in [0.2, 0.25) is 0 Å². The van der Waals surface area contributed by atoms with Crippen LogP contribution in [0.5, 0.6) is 0 Å². The zero-order valence-corrected chi connectivity index (χ0v) is 56.3. The van der Waals surface area contributed by atoms with Gasteiger partial charge in [-0.3, -0.25) is 0 Å². The highest BCUT2D eigenvalue weighted by Gasteiger charge is 2.43. The Bertz CT molecular complexity index is 4090. The lowest BCUT2D eigenvalue weighted by atomic mass is 9.69. The Morgan fingerprint density at radius 1 is 0.293 bits per heavy atom. The SMILES string of the molecule is CCCCCCCCCCCCC1(CCCCCCCCCCCC)c2cc(C)c(C)cc2-c2cc(C)c(-c3ccc(N(c4ccc(C)cc4)c4ccc(-c5ccc6c7ccccc7n(-c7ccc(N(c8ccccc8)c8ccccc8)cc7)c6c5)cc4)cc3)cc21. The summed E-state index contributed by atoms with van der Waals surface area (Å²) in [7, 11) is 0. The van der Waals surface area contributed by atoms with E-state index in [0.717, 1.165) is 39.8 Å². The van der Waals surface area contributed by atoms with Crippen molar-refractivity contribution in [3.63, 3.8) is 0 Å². The lowest BCUT2D eigenvalue weighted by Gasteiger charge is -2.34. The van der Waals surface area contributed by atoms with Crippen molar-refractivity contribution in [2.24, 2.45) is 0 Å². The second kappa shape index (κ2) is 30.4. The second-order valence-electron chi connectivity index (χ2n) is 27.0. The van der Waals surface area contributed by atoms with Crippen LogP contribution in [0.2, 0.25) is 0 Å². The van der Waals surface area contributed by atoms with Gasteiger partial charge in [-0.25, -0.2) is 0 Å². The number of nitrogens with zero attached hydrogens (tertiary/aromatic N) is 3. The third-order valence-electron chi connectivity index (χ3n) is 20.5. The summed E-state index contributed by atoms with van der Waals surface area (Å²) in [6.45, 7) is 13.9. The maximum Gasteiger partial charge on any atom is 0.0547 e. The highest BCUT2D eigenvalue weighted by molar-refractivity contribution is 6.10. The monoisotopic (exact) mass is 1210 g/mol. The highest BCUT2D eigenvalue weighted by Crippen LogP contribution is 2.56. The highest BCUT2D eigenvalue weighted by atomic mass is 15.1. The topological polar surface area (TPSA) is 11.4 Å². The Balaban J connectivity index is 0.834. The van der Waals surface area contributed by atoms with Crippen LogP contribution < -0.4 is 9.80 Å². The zero-order valence-electron chi connectivity index (χ0n) is 56.3. The molecule has 470 valence electrons. The van der Waals surface area contributed by atoms with Gasteiger partial charge in [-0.1, -0.05) is 269 Å². The standard InChI is InChI=1S/C89H99N3/c1-7-9-11-13-15-17-19-21-23-33-59-89(60-34-24-22-20-18-16-14-12-10-8-2)85-63-68(5)67(4)61-83(85)84-62-69(6)82(65-86(84)89)71-45-52-77(53-46-71)91(75-48-41-66(3)42-49-75)76-50-43-70(44-51-76)72-47-58-81-80-39-31-32-40-87(80)92(88(81)64-72)79-56-54-78(55-57-79)90(73-35-27-25-28-36-73)74-37-29-26-30-38-74/h25-32,35-58,61-65H,7-24,33-34,59-60H2,1-6H3. The van der Waals surface area contributed by atoms with Crippen molar-refractivity contribution in [2.75, 3.05) is 9.80 Å². The molecule has 0 bridgehead atoms. The van der Waals surface area contributed by atoms with Crippen LogP contribution in [0.15, 0.2) is 224 Å². The molecule has 0 atom stereocenters. The number of rotatable bonds is 31. The molecule has 11 aromatic rings. The Kier molecular flexibility index (Phi) is 21.0. The fourth-order valence-corrected chi connectivity index (χ4v) is 15.2. The molecule has 0 N–H and O–H groups in total. The molecule has 92 heavy (non-hydrogen) atoms. The molecule has 1 aromatic heterocycles. The maximum absolute atomic E-state index is 2.67. The molecule has 0 radical (unpaired) electrons. The Morgan fingerprint density at radius 3 is 1.21 bits per heavy atom. The number of hydrogen-bond acceptors (Lipinski definition) is 2. The van der Waals surface area contributed by atoms with E-state index in [4.69, 9.17) is 0 Å². The first-order valence-corrected chi connectivity index (χ1v) is 35.6. The van der Waals surface area contributed by atoms with E-state index in [0.29, 0.717) is 0 Å². The molecular formula is C89H99N3. The van der Waals surface area contributed by atoms with Gasteiger partial charge in [0.05, 0.1) is 11.0 Å². The van der Waals surface area contributed by atoms with Crippen LogP contribution in [0, 0.1) is 27.7 Å². The van der Waals surface area contributed by atoms with E-state index >= 15 is 0 Å². The van der Waals surface area contributed by atoms with E-state index in [9.17, 15) is 0 Å². The van der Waals surface area contributed by atoms with E-state index in [1.165, 1.54) is 219 Å². The minimum Gasteiger partial charge on any atom is -0.311 e. The van der Waals surface area contributed by atoms with E-state index in [-0.39, 0.29) is 5.41 Å². The van der Waals surface area contributed by atoms with Gasteiger partial charge in [-0.15, -0.1) is 0 Å². The summed E-state index contributed by atoms with van der Waals surface area (Å²) in [6, 6.07) is 84.3. The van der Waals surface area contributed by atoms with Gasteiger partial charge in [0.15, 0.2) is 0 Å². The summed E-state index contributed by atoms with van der Waals surface area (Å²) in [5, 5.41) is 2.49. The summed E-state index contributed by atoms with van der Waals surface area (Å²) in [6.07, 6.45) is 29.8. The molecule has 0 fully saturated rings. The van der Waals surface area contributed by atoms with Crippen LogP contribution in [0.25, 0.3) is 60.9 Å². The van der Waals surface area contributed by atoms with Crippen molar-refractivity contribution in [1.82, 2.24) is 4.57 Å². The molecular weight excluding hydrogens is 1110 g/mol. The van der Waals surface area contributed by atoms with Gasteiger partial charge < -0.3 is 14.4 Å². The lowest BCUT2D eigenvalue weighted by molar-refractivity contribution is 0.396. The first-order chi connectivity index (χ1) is 45.2. The van der Waals surface area contributed by atoms with Crippen LogP contribution in [0.1, 0.15) is 188 Å². The van der Waals surface area contributed by atoms with Crippen molar-refractivity contribution < 1.29 is 0 Å². The normalized spacial score (nSPS) is 12.4. The molecule has 3 heteroatoms. The number of unbranched alkanes of at least 4 members (excludes halogenated alkanes) is 18. The zero-order chi connectivity index (χ0) is 63.2. The van der Waals surface area contributed by atoms with E-state index in [2.05, 4.69) is 280 Å². The third kappa shape index (κ3) is 14.1. The molecule has 3 nitrogen and oxygen atoms in total. The largest absolute Gasteiger partial charge is 0.311 e. The molecule has 1 heterocycles. The van der Waals surface area contributed by atoms with Gasteiger partial charge in [-0.2, -0.15) is 0 Å². The summed E-state index contributed by atoms with van der Waals surface area (Å²) in [5.41, 5.74) is 26.9. The van der Waals surface area contributed by atoms with Gasteiger partial charge in [0, 0.05) is 56.0 Å². The second-order valence-corrected chi connectivity index (χ2v) is 27.0. The number of benzene rings is 10. The Labute approximate surface area is 552 Å². The third-order valence-corrected chi connectivity index (χ3v) is 20.5. The van der Waals surface area contributed by atoms with E-state index < -0.39 is 0 Å². The van der Waals surface area contributed by atoms with Crippen molar-refractivity contribution in [1.29, 1.82) is 0 Å². The summed E-state index contributed by atoms with van der Waals surface area (Å²) >= 11 is 0. The minimum atomic E-state index is 0.0194. The van der Waals surface area contributed by atoms with Gasteiger partial charge in [0.25, 0.3) is 0 Å². The van der Waals surface area contributed by atoms with Crippen molar-refractivity contribution in [3.05, 3.63) is 258 Å². The molecule has 0 spiro atoms. The summed E-state index contributed by atoms with van der Waals surface area (Å²) in [5.74, 6) is 0. The van der Waals surface area contributed by atoms with Crippen LogP contribution in [0.4, 0.5) is 34.1 Å². The smallest absolute Gasteiger partial charge is 0.0547 e. The van der Waals surface area contributed by atoms with E-state index in [1.807, 2.05) is 0 Å². The van der Waals surface area contributed by atoms with Crippen LogP contribution in [0.3, 0.4) is 0 Å². The van der Waals surface area contributed by atoms with E-state index in [1.54, 1.807) is 11.1 Å².